The maximum Gasteiger partial charge on any atom is 0.344 e. The summed E-state index contributed by atoms with van der Waals surface area (Å²) in [6.45, 7) is 4.93. The third-order valence-corrected chi connectivity index (χ3v) is 2.13. The fourth-order valence-corrected chi connectivity index (χ4v) is 1.37. The van der Waals surface area contributed by atoms with Gasteiger partial charge in [-0.25, -0.2) is 4.79 Å². The molecule has 0 aliphatic carbocycles. The van der Waals surface area contributed by atoms with Crippen LogP contribution in [-0.2, 0) is 11.3 Å². The van der Waals surface area contributed by atoms with Crippen LogP contribution in [0.1, 0.15) is 33.5 Å². The minimum Gasteiger partial charge on any atom is -0.452 e. The summed E-state index contributed by atoms with van der Waals surface area (Å²) in [6, 6.07) is 0. The molecule has 7 nitrogen and oxygen atoms in total. The van der Waals surface area contributed by atoms with Crippen molar-refractivity contribution in [3.8, 4) is 0 Å². The Morgan fingerprint density at radius 3 is 2.53 bits per heavy atom. The highest BCUT2D eigenvalue weighted by atomic mass is 16.6. The van der Waals surface area contributed by atoms with E-state index in [0.29, 0.717) is 22.8 Å². The van der Waals surface area contributed by atoms with Crippen LogP contribution in [0.3, 0.4) is 0 Å². The second-order valence-electron chi connectivity index (χ2n) is 3.51. The number of carbonyl (C=O) groups is 1. The summed E-state index contributed by atoms with van der Waals surface area (Å²) < 4.78 is 14.7. The van der Waals surface area contributed by atoms with Crippen LogP contribution >= 0.6 is 0 Å². The lowest BCUT2D eigenvalue weighted by molar-refractivity contribution is 0.0427. The Hall–Kier alpha value is -2.18. The zero-order valence-corrected chi connectivity index (χ0v) is 9.68. The summed E-state index contributed by atoms with van der Waals surface area (Å²) in [4.78, 5) is 15.6. The summed E-state index contributed by atoms with van der Waals surface area (Å²) in [6.07, 6.45) is 0. The molecule has 0 spiro atoms. The molecule has 17 heavy (non-hydrogen) atoms. The van der Waals surface area contributed by atoms with Gasteiger partial charge in [0.2, 0.25) is 0 Å². The standard InChI is InChI=1S/C10H11N3O4/c1-5-9(6(2)16-12-5)10(14)15-4-8-11-7(3)13-17-8/h4H2,1-3H3. The van der Waals surface area contributed by atoms with E-state index in [1.54, 1.807) is 20.8 Å². The highest BCUT2D eigenvalue weighted by molar-refractivity contribution is 5.91. The molecule has 0 aromatic carbocycles. The zero-order chi connectivity index (χ0) is 12.4. The van der Waals surface area contributed by atoms with E-state index in [2.05, 4.69) is 15.3 Å². The molecule has 0 N–H and O–H groups in total. The molecule has 0 aliphatic heterocycles. The summed E-state index contributed by atoms with van der Waals surface area (Å²) >= 11 is 0. The SMILES string of the molecule is Cc1noc(COC(=O)c2c(C)noc2C)n1. The molecule has 2 heterocycles. The molecule has 2 aromatic heterocycles. The average Bonchev–Trinajstić information content (AvgIpc) is 2.83. The molecule has 7 heteroatoms. The third-order valence-electron chi connectivity index (χ3n) is 2.13. The first-order valence-corrected chi connectivity index (χ1v) is 4.97. The minimum atomic E-state index is -0.517. The van der Waals surface area contributed by atoms with E-state index in [9.17, 15) is 4.79 Å². The van der Waals surface area contributed by atoms with Gasteiger partial charge in [0.05, 0.1) is 5.69 Å². The van der Waals surface area contributed by atoms with Crippen LogP contribution < -0.4 is 0 Å². The number of esters is 1. The van der Waals surface area contributed by atoms with E-state index in [0.717, 1.165) is 0 Å². The fourth-order valence-electron chi connectivity index (χ4n) is 1.37. The smallest absolute Gasteiger partial charge is 0.344 e. The van der Waals surface area contributed by atoms with Crippen LogP contribution in [-0.4, -0.2) is 21.3 Å². The van der Waals surface area contributed by atoms with Crippen molar-refractivity contribution in [2.75, 3.05) is 0 Å². The van der Waals surface area contributed by atoms with Gasteiger partial charge in [-0.2, -0.15) is 4.98 Å². The van der Waals surface area contributed by atoms with Crippen molar-refractivity contribution in [3.63, 3.8) is 0 Å². The molecule has 0 saturated heterocycles. The first kappa shape index (κ1) is 11.3. The van der Waals surface area contributed by atoms with E-state index >= 15 is 0 Å². The Balaban J connectivity index is 2.03. The third kappa shape index (κ3) is 2.32. The molecular formula is C10H11N3O4. The highest BCUT2D eigenvalue weighted by Gasteiger charge is 2.19. The number of hydrogen-bond donors (Lipinski definition) is 0. The Morgan fingerprint density at radius 2 is 2.00 bits per heavy atom. The molecule has 0 fully saturated rings. The minimum absolute atomic E-state index is 0.0657. The Bertz CT molecular complexity index is 524. The van der Waals surface area contributed by atoms with Crippen LogP contribution in [0.25, 0.3) is 0 Å². The first-order chi connectivity index (χ1) is 8.08. The quantitative estimate of drug-likeness (QED) is 0.743. The van der Waals surface area contributed by atoms with E-state index in [-0.39, 0.29) is 12.5 Å². The van der Waals surface area contributed by atoms with Gasteiger partial charge in [0.15, 0.2) is 12.4 Å². The van der Waals surface area contributed by atoms with Gasteiger partial charge in [0.1, 0.15) is 11.3 Å². The van der Waals surface area contributed by atoms with Gasteiger partial charge in [-0.3, -0.25) is 0 Å². The Labute approximate surface area is 96.7 Å². The van der Waals surface area contributed by atoms with Crippen LogP contribution in [0.4, 0.5) is 0 Å². The largest absolute Gasteiger partial charge is 0.452 e. The molecule has 0 amide bonds. The molecule has 0 radical (unpaired) electrons. The maximum atomic E-state index is 11.7. The monoisotopic (exact) mass is 237 g/mol. The molecule has 0 bridgehead atoms. The van der Waals surface area contributed by atoms with E-state index in [1.165, 1.54) is 0 Å². The second kappa shape index (κ2) is 4.36. The molecule has 2 aromatic rings. The van der Waals surface area contributed by atoms with Crippen molar-refractivity contribution in [1.82, 2.24) is 15.3 Å². The normalized spacial score (nSPS) is 10.5. The Kier molecular flexibility index (Phi) is 2.90. The van der Waals surface area contributed by atoms with Gasteiger partial charge in [0.25, 0.3) is 5.89 Å². The number of carbonyl (C=O) groups excluding carboxylic acids is 1. The number of hydrogen-bond acceptors (Lipinski definition) is 7. The molecule has 2 rings (SSSR count). The number of nitrogens with zero attached hydrogens (tertiary/aromatic N) is 3. The highest BCUT2D eigenvalue weighted by Crippen LogP contribution is 2.14. The van der Waals surface area contributed by atoms with Gasteiger partial charge in [0, 0.05) is 0 Å². The van der Waals surface area contributed by atoms with Crippen molar-refractivity contribution >= 4 is 5.97 Å². The molecule has 90 valence electrons. The van der Waals surface area contributed by atoms with E-state index in [4.69, 9.17) is 13.8 Å². The number of aromatic nitrogens is 3. The average molecular weight is 237 g/mol. The van der Waals surface area contributed by atoms with Gasteiger partial charge in [-0.05, 0) is 20.8 Å². The van der Waals surface area contributed by atoms with Gasteiger partial charge < -0.3 is 13.8 Å². The lowest BCUT2D eigenvalue weighted by atomic mass is 10.2. The van der Waals surface area contributed by atoms with E-state index in [1.807, 2.05) is 0 Å². The molecular weight excluding hydrogens is 226 g/mol. The van der Waals surface area contributed by atoms with Crippen LogP contribution in [0, 0.1) is 20.8 Å². The van der Waals surface area contributed by atoms with E-state index < -0.39 is 5.97 Å². The lowest BCUT2D eigenvalue weighted by Crippen LogP contribution is -2.07. The summed E-state index contributed by atoms with van der Waals surface area (Å²) in [5.74, 6) is 0.655. The summed E-state index contributed by atoms with van der Waals surface area (Å²) in [5, 5.41) is 7.25. The first-order valence-electron chi connectivity index (χ1n) is 4.97. The molecule has 0 unspecified atom stereocenters. The number of rotatable bonds is 3. The topological polar surface area (TPSA) is 91.2 Å². The van der Waals surface area contributed by atoms with Crippen molar-refractivity contribution in [3.05, 3.63) is 28.7 Å². The molecule has 0 aliphatic rings. The van der Waals surface area contributed by atoms with Crippen molar-refractivity contribution in [1.29, 1.82) is 0 Å². The van der Waals surface area contributed by atoms with Crippen LogP contribution in [0.15, 0.2) is 9.05 Å². The molecule has 0 atom stereocenters. The van der Waals surface area contributed by atoms with Gasteiger partial charge in [-0.15, -0.1) is 0 Å². The number of aryl methyl sites for hydroxylation is 3. The lowest BCUT2D eigenvalue weighted by Gasteiger charge is -2.00. The fraction of sp³-hybridized carbons (Fsp3) is 0.400. The summed E-state index contributed by atoms with van der Waals surface area (Å²) in [5.41, 5.74) is 0.829. The number of ether oxygens (including phenoxy) is 1. The van der Waals surface area contributed by atoms with Gasteiger partial charge in [-0.1, -0.05) is 10.3 Å². The maximum absolute atomic E-state index is 11.7. The van der Waals surface area contributed by atoms with Crippen LogP contribution in [0.5, 0.6) is 0 Å². The van der Waals surface area contributed by atoms with Crippen molar-refractivity contribution in [2.45, 2.75) is 27.4 Å². The van der Waals surface area contributed by atoms with Crippen molar-refractivity contribution in [2.24, 2.45) is 0 Å². The second-order valence-corrected chi connectivity index (χ2v) is 3.51. The van der Waals surface area contributed by atoms with Gasteiger partial charge >= 0.3 is 5.97 Å². The predicted molar refractivity (Wildman–Crippen MR) is 54.1 cm³/mol. The Morgan fingerprint density at radius 1 is 1.24 bits per heavy atom. The predicted octanol–water partition coefficient (Wildman–Crippen LogP) is 1.34. The summed E-state index contributed by atoms with van der Waals surface area (Å²) in [7, 11) is 0. The zero-order valence-electron chi connectivity index (χ0n) is 9.68. The van der Waals surface area contributed by atoms with Crippen molar-refractivity contribution < 1.29 is 18.6 Å². The van der Waals surface area contributed by atoms with Crippen LogP contribution in [0.2, 0.25) is 0 Å². The molecule has 0 saturated carbocycles.